The highest BCUT2D eigenvalue weighted by atomic mass is 32.2. The molecule has 1 aliphatic heterocycles. The van der Waals surface area contributed by atoms with Crippen LogP contribution in [-0.4, -0.2) is 27.0 Å². The van der Waals surface area contributed by atoms with Gasteiger partial charge in [0, 0.05) is 5.39 Å². The molecular weight excluding hydrogens is 423 g/mol. The molecule has 3 aromatic carbocycles. The zero-order valence-electron chi connectivity index (χ0n) is 16.4. The van der Waals surface area contributed by atoms with Gasteiger partial charge in [0.15, 0.2) is 5.82 Å². The topological polar surface area (TPSA) is 84.9 Å². The third kappa shape index (κ3) is 3.88. The Balaban J connectivity index is 1.61. The summed E-state index contributed by atoms with van der Waals surface area (Å²) in [5, 5.41) is 0.720. The van der Waals surface area contributed by atoms with Gasteiger partial charge >= 0.3 is 10.2 Å². The van der Waals surface area contributed by atoms with Crippen LogP contribution in [0.1, 0.15) is 18.4 Å². The zero-order chi connectivity index (χ0) is 21.6. The number of ether oxygens (including phenoxy) is 2. The van der Waals surface area contributed by atoms with Crippen molar-refractivity contribution in [3.63, 3.8) is 0 Å². The second-order valence-electron chi connectivity index (χ2n) is 7.55. The number of carbonyl (C=O) groups is 1. The number of amides is 1. The lowest BCUT2D eigenvalue weighted by molar-refractivity contribution is -0.117. The second kappa shape index (κ2) is 7.42. The van der Waals surface area contributed by atoms with Crippen molar-refractivity contribution in [2.75, 3.05) is 10.8 Å². The van der Waals surface area contributed by atoms with Gasteiger partial charge in [-0.1, -0.05) is 36.4 Å². The SMILES string of the molecule is O=C1CN(c2c(OCc3ccccc3)cc3ccc(OC4CC4)cc3c2F)S(=O)(=O)N1. The van der Waals surface area contributed by atoms with Gasteiger partial charge in [0.1, 0.15) is 30.3 Å². The summed E-state index contributed by atoms with van der Waals surface area (Å²) in [6.07, 6.45) is 2.05. The van der Waals surface area contributed by atoms with E-state index < -0.39 is 28.5 Å². The minimum Gasteiger partial charge on any atom is -0.490 e. The number of halogens is 1. The van der Waals surface area contributed by atoms with Gasteiger partial charge in [-0.25, -0.2) is 13.4 Å². The standard InChI is InChI=1S/C22H19FN2O5S/c23-21-18-11-17(30-16-8-9-16)7-6-15(18)10-19(29-13-14-4-2-1-3-5-14)22(21)25-12-20(26)24-31(25,27)28/h1-7,10-11,16H,8-9,12-13H2,(H,24,26). The molecule has 3 aromatic rings. The van der Waals surface area contributed by atoms with Crippen LogP contribution in [0.3, 0.4) is 0 Å². The van der Waals surface area contributed by atoms with Crippen LogP contribution < -0.4 is 18.5 Å². The van der Waals surface area contributed by atoms with E-state index in [1.54, 1.807) is 24.3 Å². The van der Waals surface area contributed by atoms with E-state index in [1.165, 1.54) is 0 Å². The summed E-state index contributed by atoms with van der Waals surface area (Å²) >= 11 is 0. The van der Waals surface area contributed by atoms with Crippen LogP contribution >= 0.6 is 0 Å². The lowest BCUT2D eigenvalue weighted by Gasteiger charge is -2.21. The maximum Gasteiger partial charge on any atom is 0.326 e. The Bertz CT molecular complexity index is 1280. The Hall–Kier alpha value is -3.33. The third-order valence-electron chi connectivity index (χ3n) is 5.12. The summed E-state index contributed by atoms with van der Waals surface area (Å²) in [5.74, 6) is -0.984. The fraction of sp³-hybridized carbons (Fsp3) is 0.227. The fourth-order valence-electron chi connectivity index (χ4n) is 3.47. The quantitative estimate of drug-likeness (QED) is 0.633. The number of hydrogen-bond acceptors (Lipinski definition) is 5. The average molecular weight is 442 g/mol. The third-order valence-corrected chi connectivity index (χ3v) is 6.50. The molecule has 0 aromatic heterocycles. The number of nitrogens with one attached hydrogen (secondary N) is 1. The van der Waals surface area contributed by atoms with Gasteiger partial charge in [0.2, 0.25) is 0 Å². The van der Waals surface area contributed by atoms with Gasteiger partial charge in [-0.15, -0.1) is 0 Å². The molecule has 0 atom stereocenters. The monoisotopic (exact) mass is 442 g/mol. The molecule has 1 saturated heterocycles. The summed E-state index contributed by atoms with van der Waals surface area (Å²) < 4.78 is 54.8. The molecule has 7 nitrogen and oxygen atoms in total. The molecule has 0 bridgehead atoms. The van der Waals surface area contributed by atoms with E-state index in [-0.39, 0.29) is 29.5 Å². The molecule has 0 spiro atoms. The van der Waals surface area contributed by atoms with Gasteiger partial charge in [-0.3, -0.25) is 4.79 Å². The minimum atomic E-state index is -4.22. The van der Waals surface area contributed by atoms with Crippen molar-refractivity contribution in [3.05, 3.63) is 66.0 Å². The highest BCUT2D eigenvalue weighted by Gasteiger charge is 2.38. The van der Waals surface area contributed by atoms with E-state index in [4.69, 9.17) is 9.47 Å². The lowest BCUT2D eigenvalue weighted by atomic mass is 10.1. The van der Waals surface area contributed by atoms with Crippen LogP contribution in [0.5, 0.6) is 11.5 Å². The highest BCUT2D eigenvalue weighted by Crippen LogP contribution is 2.41. The number of rotatable bonds is 6. The van der Waals surface area contributed by atoms with Crippen molar-refractivity contribution in [2.45, 2.75) is 25.6 Å². The first-order valence-corrected chi connectivity index (χ1v) is 11.3. The summed E-state index contributed by atoms with van der Waals surface area (Å²) in [6.45, 7) is -0.415. The van der Waals surface area contributed by atoms with Gasteiger partial charge in [-0.05, 0) is 42.0 Å². The van der Waals surface area contributed by atoms with E-state index in [9.17, 15) is 13.2 Å². The molecular formula is C22H19FN2O5S. The Morgan fingerprint density at radius 1 is 1.10 bits per heavy atom. The molecule has 1 N–H and O–H groups in total. The number of benzene rings is 3. The highest BCUT2D eigenvalue weighted by molar-refractivity contribution is 7.92. The number of fused-ring (bicyclic) bond motifs is 1. The largest absolute Gasteiger partial charge is 0.490 e. The number of carbonyl (C=O) groups excluding carboxylic acids is 1. The molecule has 5 rings (SSSR count). The van der Waals surface area contributed by atoms with Crippen LogP contribution in [0, 0.1) is 5.82 Å². The van der Waals surface area contributed by atoms with Crippen molar-refractivity contribution in [1.82, 2.24) is 4.72 Å². The van der Waals surface area contributed by atoms with Gasteiger partial charge in [0.05, 0.1) is 6.10 Å². The molecule has 1 saturated carbocycles. The Morgan fingerprint density at radius 2 is 1.87 bits per heavy atom. The maximum absolute atomic E-state index is 15.7. The van der Waals surface area contributed by atoms with E-state index >= 15 is 4.39 Å². The Labute approximate surface area is 178 Å². The van der Waals surface area contributed by atoms with Gasteiger partial charge < -0.3 is 9.47 Å². The molecule has 1 aliphatic carbocycles. The molecule has 31 heavy (non-hydrogen) atoms. The Morgan fingerprint density at radius 3 is 2.55 bits per heavy atom. The van der Waals surface area contributed by atoms with E-state index in [2.05, 4.69) is 0 Å². The first-order chi connectivity index (χ1) is 14.9. The van der Waals surface area contributed by atoms with Gasteiger partial charge in [-0.2, -0.15) is 8.42 Å². The smallest absolute Gasteiger partial charge is 0.326 e. The lowest BCUT2D eigenvalue weighted by Crippen LogP contribution is -2.30. The molecule has 2 fully saturated rings. The summed E-state index contributed by atoms with van der Waals surface area (Å²) in [6, 6.07) is 15.8. The predicted molar refractivity (Wildman–Crippen MR) is 113 cm³/mol. The van der Waals surface area contributed by atoms with E-state index in [0.717, 1.165) is 18.4 Å². The van der Waals surface area contributed by atoms with Crippen molar-refractivity contribution >= 4 is 32.6 Å². The van der Waals surface area contributed by atoms with Crippen LogP contribution in [0.25, 0.3) is 10.8 Å². The van der Waals surface area contributed by atoms with Crippen LogP contribution in [0.4, 0.5) is 10.1 Å². The van der Waals surface area contributed by atoms with Crippen LogP contribution in [-0.2, 0) is 21.6 Å². The summed E-state index contributed by atoms with van der Waals surface area (Å²) in [7, 11) is -4.22. The maximum atomic E-state index is 15.7. The molecule has 1 heterocycles. The minimum absolute atomic E-state index is 0.0322. The molecule has 2 aliphatic rings. The normalized spacial score (nSPS) is 17.6. The number of nitrogens with zero attached hydrogens (tertiary/aromatic N) is 1. The average Bonchev–Trinajstić information content (AvgIpc) is 3.51. The molecule has 1 amide bonds. The molecule has 160 valence electrons. The van der Waals surface area contributed by atoms with Crippen molar-refractivity contribution in [3.8, 4) is 11.5 Å². The fourth-order valence-corrected chi connectivity index (χ4v) is 4.63. The van der Waals surface area contributed by atoms with Crippen molar-refractivity contribution in [1.29, 1.82) is 0 Å². The first kappa shape index (κ1) is 19.6. The first-order valence-electron chi connectivity index (χ1n) is 9.84. The Kier molecular flexibility index (Phi) is 4.70. The van der Waals surface area contributed by atoms with E-state index in [1.807, 2.05) is 35.1 Å². The summed E-state index contributed by atoms with van der Waals surface area (Å²) in [5.41, 5.74) is 0.533. The van der Waals surface area contributed by atoms with Crippen LogP contribution in [0.15, 0.2) is 54.6 Å². The second-order valence-corrected chi connectivity index (χ2v) is 9.14. The predicted octanol–water partition coefficient (Wildman–Crippen LogP) is 3.28. The zero-order valence-corrected chi connectivity index (χ0v) is 17.2. The van der Waals surface area contributed by atoms with E-state index in [0.29, 0.717) is 15.4 Å². The van der Waals surface area contributed by atoms with Crippen LogP contribution in [0.2, 0.25) is 0 Å². The number of anilines is 1. The van der Waals surface area contributed by atoms with Crippen molar-refractivity contribution < 1.29 is 27.1 Å². The van der Waals surface area contributed by atoms with Crippen molar-refractivity contribution in [2.24, 2.45) is 0 Å². The summed E-state index contributed by atoms with van der Waals surface area (Å²) in [4.78, 5) is 11.8. The number of hydrogen-bond donors (Lipinski definition) is 1. The molecule has 9 heteroatoms. The molecule has 0 unspecified atom stereocenters. The molecule has 0 radical (unpaired) electrons. The van der Waals surface area contributed by atoms with Gasteiger partial charge in [0.25, 0.3) is 5.91 Å².